The molecule has 2 N–H and O–H groups in total. The molecule has 0 aliphatic rings. The third-order valence-electron chi connectivity index (χ3n) is 2.53. The van der Waals surface area contributed by atoms with Gasteiger partial charge in [0.15, 0.2) is 0 Å². The highest BCUT2D eigenvalue weighted by Crippen LogP contribution is 2.13. The van der Waals surface area contributed by atoms with E-state index >= 15 is 0 Å². The molecule has 1 heterocycles. The summed E-state index contributed by atoms with van der Waals surface area (Å²) in [6, 6.07) is 1.79. The maximum Gasteiger partial charge on any atom is 0.228 e. The third kappa shape index (κ3) is 4.87. The van der Waals surface area contributed by atoms with Crippen LogP contribution in [0.5, 0.6) is 5.88 Å². The molecule has 0 spiro atoms. The van der Waals surface area contributed by atoms with Crippen LogP contribution in [-0.2, 0) is 0 Å². The molecule has 0 amide bonds. The minimum Gasteiger partial charge on any atom is -0.478 e. The van der Waals surface area contributed by atoms with Gasteiger partial charge < -0.3 is 15.4 Å². The highest BCUT2D eigenvalue weighted by molar-refractivity contribution is 5.31. The van der Waals surface area contributed by atoms with Crippen LogP contribution in [0.2, 0.25) is 0 Å². The maximum atomic E-state index is 5.63. The molecule has 0 aliphatic heterocycles. The highest BCUT2D eigenvalue weighted by atomic mass is 16.5. The normalized spacial score (nSPS) is 10.4. The quantitative estimate of drug-likeness (QED) is 0.726. The van der Waals surface area contributed by atoms with Gasteiger partial charge in [-0.15, -0.1) is 0 Å². The van der Waals surface area contributed by atoms with E-state index in [0.29, 0.717) is 25.0 Å². The first-order chi connectivity index (χ1) is 8.81. The Kier molecular flexibility index (Phi) is 7.10. The number of ether oxygens (including phenoxy) is 1. The molecule has 5 nitrogen and oxygen atoms in total. The number of hydrogen-bond acceptors (Lipinski definition) is 5. The minimum absolute atomic E-state index is 0.604. The molecule has 1 aromatic rings. The van der Waals surface area contributed by atoms with Crippen LogP contribution in [0.15, 0.2) is 12.3 Å². The van der Waals surface area contributed by atoms with Gasteiger partial charge in [0.2, 0.25) is 11.8 Å². The van der Waals surface area contributed by atoms with Crippen molar-refractivity contribution in [3.05, 3.63) is 12.3 Å². The summed E-state index contributed by atoms with van der Waals surface area (Å²) in [4.78, 5) is 10.8. The zero-order chi connectivity index (χ0) is 13.2. The van der Waals surface area contributed by atoms with Gasteiger partial charge in [0.1, 0.15) is 0 Å². The summed E-state index contributed by atoms with van der Waals surface area (Å²) < 4.78 is 5.52. The summed E-state index contributed by atoms with van der Waals surface area (Å²) in [5.74, 6) is 1.35. The van der Waals surface area contributed by atoms with Crippen molar-refractivity contribution in [2.45, 2.75) is 33.1 Å². The molecule has 0 aliphatic carbocycles. The molecule has 0 aromatic carbocycles. The molecule has 0 saturated heterocycles. The lowest BCUT2D eigenvalue weighted by molar-refractivity contribution is 0.304. The third-order valence-corrected chi connectivity index (χ3v) is 2.53. The first-order valence-corrected chi connectivity index (χ1v) is 6.72. The van der Waals surface area contributed by atoms with Crippen LogP contribution < -0.4 is 15.4 Å². The lowest BCUT2D eigenvalue weighted by atomic mass is 10.3. The Morgan fingerprint density at radius 2 is 2.11 bits per heavy atom. The highest BCUT2D eigenvalue weighted by Gasteiger charge is 2.09. The second-order valence-electron chi connectivity index (χ2n) is 4.17. The lowest BCUT2D eigenvalue weighted by Crippen LogP contribution is -2.31. The molecular formula is C13H24N4O. The number of aromatic nitrogens is 2. The van der Waals surface area contributed by atoms with Gasteiger partial charge in [0.25, 0.3) is 0 Å². The standard InChI is InChI=1S/C13H24N4O/c1-3-5-9-17(10-7-14)13-15-8-6-12(16-13)18-11-4-2/h6,8H,3-5,7,9-11,14H2,1-2H3. The Labute approximate surface area is 109 Å². The zero-order valence-corrected chi connectivity index (χ0v) is 11.4. The van der Waals surface area contributed by atoms with Crippen LogP contribution in [0.3, 0.4) is 0 Å². The first-order valence-electron chi connectivity index (χ1n) is 6.72. The SMILES string of the molecule is CCCCN(CCN)c1nccc(OCCC)n1. The molecule has 102 valence electrons. The van der Waals surface area contributed by atoms with E-state index in [1.807, 2.05) is 0 Å². The summed E-state index contributed by atoms with van der Waals surface area (Å²) in [5.41, 5.74) is 5.63. The van der Waals surface area contributed by atoms with Crippen molar-refractivity contribution in [1.29, 1.82) is 0 Å². The first kappa shape index (κ1) is 14.7. The molecule has 0 bridgehead atoms. The van der Waals surface area contributed by atoms with Gasteiger partial charge in [-0.2, -0.15) is 4.98 Å². The predicted octanol–water partition coefficient (Wildman–Crippen LogP) is 1.83. The van der Waals surface area contributed by atoms with Gasteiger partial charge in [-0.1, -0.05) is 20.3 Å². The minimum atomic E-state index is 0.604. The largest absolute Gasteiger partial charge is 0.478 e. The van der Waals surface area contributed by atoms with Crippen molar-refractivity contribution >= 4 is 5.95 Å². The summed E-state index contributed by atoms with van der Waals surface area (Å²) in [5, 5.41) is 0. The number of hydrogen-bond donors (Lipinski definition) is 1. The molecule has 1 rings (SSSR count). The van der Waals surface area contributed by atoms with Crippen LogP contribution >= 0.6 is 0 Å². The molecular weight excluding hydrogens is 228 g/mol. The fraction of sp³-hybridized carbons (Fsp3) is 0.692. The molecule has 0 saturated carbocycles. The van der Waals surface area contributed by atoms with Crippen LogP contribution in [0.1, 0.15) is 33.1 Å². The van der Waals surface area contributed by atoms with Crippen molar-refractivity contribution < 1.29 is 4.74 Å². The Balaban J connectivity index is 2.70. The lowest BCUT2D eigenvalue weighted by Gasteiger charge is -2.21. The summed E-state index contributed by atoms with van der Waals surface area (Å²) >= 11 is 0. The van der Waals surface area contributed by atoms with Crippen molar-refractivity contribution in [3.63, 3.8) is 0 Å². The van der Waals surface area contributed by atoms with Gasteiger partial charge in [0.05, 0.1) is 6.61 Å². The van der Waals surface area contributed by atoms with E-state index in [-0.39, 0.29) is 0 Å². The molecule has 0 fully saturated rings. The maximum absolute atomic E-state index is 5.63. The van der Waals surface area contributed by atoms with Crippen LogP contribution in [0.4, 0.5) is 5.95 Å². The molecule has 5 heteroatoms. The van der Waals surface area contributed by atoms with Gasteiger partial charge in [-0.05, 0) is 12.8 Å². The summed E-state index contributed by atoms with van der Waals surface area (Å²) in [6.07, 6.45) is 4.97. The van der Waals surface area contributed by atoms with E-state index < -0.39 is 0 Å². The topological polar surface area (TPSA) is 64.3 Å². The van der Waals surface area contributed by atoms with Crippen molar-refractivity contribution in [2.75, 3.05) is 31.1 Å². The van der Waals surface area contributed by atoms with E-state index in [1.165, 1.54) is 0 Å². The fourth-order valence-corrected chi connectivity index (χ4v) is 1.59. The number of unbranched alkanes of at least 4 members (excludes halogenated alkanes) is 1. The van der Waals surface area contributed by atoms with Crippen molar-refractivity contribution in [1.82, 2.24) is 9.97 Å². The molecule has 18 heavy (non-hydrogen) atoms. The Hall–Kier alpha value is -1.36. The predicted molar refractivity (Wildman–Crippen MR) is 74.0 cm³/mol. The number of nitrogens with zero attached hydrogens (tertiary/aromatic N) is 3. The molecule has 0 unspecified atom stereocenters. The second-order valence-corrected chi connectivity index (χ2v) is 4.17. The van der Waals surface area contributed by atoms with Crippen molar-refractivity contribution in [2.24, 2.45) is 5.73 Å². The van der Waals surface area contributed by atoms with Crippen LogP contribution in [-0.4, -0.2) is 36.2 Å². The molecule has 1 aromatic heterocycles. The smallest absolute Gasteiger partial charge is 0.228 e. The monoisotopic (exact) mass is 252 g/mol. The van der Waals surface area contributed by atoms with Gasteiger partial charge in [-0.25, -0.2) is 4.98 Å². The van der Waals surface area contributed by atoms with E-state index in [0.717, 1.165) is 32.4 Å². The number of anilines is 1. The molecule has 0 atom stereocenters. The van der Waals surface area contributed by atoms with E-state index in [1.54, 1.807) is 12.3 Å². The van der Waals surface area contributed by atoms with Gasteiger partial charge in [0, 0.05) is 31.9 Å². The number of rotatable bonds is 9. The summed E-state index contributed by atoms with van der Waals surface area (Å²) in [6.45, 7) is 7.24. The van der Waals surface area contributed by atoms with E-state index in [4.69, 9.17) is 10.5 Å². The average molecular weight is 252 g/mol. The fourth-order valence-electron chi connectivity index (χ4n) is 1.59. The van der Waals surface area contributed by atoms with E-state index in [2.05, 4.69) is 28.7 Å². The Bertz CT molecular complexity index is 333. The summed E-state index contributed by atoms with van der Waals surface area (Å²) in [7, 11) is 0. The van der Waals surface area contributed by atoms with Crippen molar-refractivity contribution in [3.8, 4) is 5.88 Å². The second kappa shape index (κ2) is 8.69. The Morgan fingerprint density at radius 1 is 1.28 bits per heavy atom. The van der Waals surface area contributed by atoms with Gasteiger partial charge >= 0.3 is 0 Å². The molecule has 0 radical (unpaired) electrons. The average Bonchev–Trinajstić information content (AvgIpc) is 2.41. The van der Waals surface area contributed by atoms with Crippen LogP contribution in [0.25, 0.3) is 0 Å². The van der Waals surface area contributed by atoms with Crippen LogP contribution in [0, 0.1) is 0 Å². The zero-order valence-electron chi connectivity index (χ0n) is 11.4. The van der Waals surface area contributed by atoms with E-state index in [9.17, 15) is 0 Å². The Morgan fingerprint density at radius 3 is 2.78 bits per heavy atom. The van der Waals surface area contributed by atoms with Gasteiger partial charge in [-0.3, -0.25) is 0 Å². The number of nitrogens with two attached hydrogens (primary N) is 1.